The van der Waals surface area contributed by atoms with Crippen LogP contribution in [0.1, 0.15) is 13.8 Å². The molecule has 0 aromatic rings. The Bertz CT molecular complexity index is 108. The van der Waals surface area contributed by atoms with Gasteiger partial charge < -0.3 is 9.84 Å². The Morgan fingerprint density at radius 1 is 1.89 bits per heavy atom. The molecule has 3 N–H and O–H groups in total. The molecule has 0 aliphatic carbocycles. The predicted molar refractivity (Wildman–Crippen MR) is 39.0 cm³/mol. The first-order valence-electron chi connectivity index (χ1n) is 2.67. The summed E-state index contributed by atoms with van der Waals surface area (Å²) in [6, 6.07) is 0. The summed E-state index contributed by atoms with van der Waals surface area (Å²) in [5.41, 5.74) is 3.67. The third kappa shape index (κ3) is 3.40. The van der Waals surface area contributed by atoms with Crippen molar-refractivity contribution in [1.82, 2.24) is 0 Å². The monoisotopic (exact) mass is 149 g/mol. The molecule has 0 rings (SSSR count). The van der Waals surface area contributed by atoms with Gasteiger partial charge in [0.1, 0.15) is 0 Å². The lowest BCUT2D eigenvalue weighted by Gasteiger charge is -2.17. The Kier molecular flexibility index (Phi) is 3.03. The largest absolute Gasteiger partial charge is 0.484 e. The number of aliphatic hydroxyl groups is 1. The van der Waals surface area contributed by atoms with Crippen LogP contribution in [0.4, 0.5) is 0 Å². The van der Waals surface area contributed by atoms with Crippen molar-refractivity contribution in [2.75, 3.05) is 6.61 Å². The van der Waals surface area contributed by atoms with E-state index >= 15 is 0 Å². The van der Waals surface area contributed by atoms with Crippen LogP contribution < -0.4 is 5.73 Å². The van der Waals surface area contributed by atoms with Gasteiger partial charge >= 0.3 is 0 Å². The van der Waals surface area contributed by atoms with Crippen molar-refractivity contribution in [3.8, 4) is 0 Å². The quantitative estimate of drug-likeness (QED) is 0.429. The molecule has 3 nitrogen and oxygen atoms in total. The first-order chi connectivity index (χ1) is 3.98. The number of nitrogens with two attached hydrogens (primary N) is 1. The van der Waals surface area contributed by atoms with Crippen LogP contribution in [0.2, 0.25) is 0 Å². The van der Waals surface area contributed by atoms with Gasteiger partial charge in [0.2, 0.25) is 5.05 Å². The van der Waals surface area contributed by atoms with Crippen molar-refractivity contribution in [2.24, 2.45) is 5.73 Å². The second-order valence-corrected chi connectivity index (χ2v) is 2.24. The Morgan fingerprint density at radius 2 is 2.33 bits per heavy atom. The molecule has 0 aliphatic rings. The minimum atomic E-state index is -1.48. The van der Waals surface area contributed by atoms with Gasteiger partial charge in [0.15, 0.2) is 5.72 Å². The van der Waals surface area contributed by atoms with E-state index in [1.807, 2.05) is 0 Å². The van der Waals surface area contributed by atoms with E-state index in [1.165, 1.54) is 6.92 Å². The summed E-state index contributed by atoms with van der Waals surface area (Å²) >= 11 is 4.59. The van der Waals surface area contributed by atoms with Crippen molar-refractivity contribution in [1.29, 1.82) is 0 Å². The summed E-state index contributed by atoms with van der Waals surface area (Å²) in [7, 11) is 0. The lowest BCUT2D eigenvalue weighted by atomic mass is 10.3. The number of hydrogen-bond donors (Lipinski definition) is 2. The van der Waals surface area contributed by atoms with Crippen LogP contribution in [0.25, 0.3) is 0 Å². The molecule has 0 aliphatic heterocycles. The van der Waals surface area contributed by atoms with Gasteiger partial charge in [-0.25, -0.2) is 0 Å². The lowest BCUT2D eigenvalue weighted by molar-refractivity contribution is 0.110. The summed E-state index contributed by atoms with van der Waals surface area (Å²) in [4.78, 5) is 0. The molecular formula is C5H11NO2S. The molecule has 0 spiro atoms. The molecule has 0 saturated heterocycles. The Hall–Kier alpha value is -0.190. The Morgan fingerprint density at radius 3 is 2.44 bits per heavy atom. The van der Waals surface area contributed by atoms with Crippen LogP contribution in [0.3, 0.4) is 0 Å². The van der Waals surface area contributed by atoms with Gasteiger partial charge in [0.05, 0.1) is 6.61 Å². The highest BCUT2D eigenvalue weighted by Crippen LogP contribution is 1.98. The molecule has 0 heterocycles. The molecule has 0 saturated carbocycles. The molecule has 9 heavy (non-hydrogen) atoms. The highest BCUT2D eigenvalue weighted by molar-refractivity contribution is 7.80. The molecule has 54 valence electrons. The van der Waals surface area contributed by atoms with E-state index in [2.05, 4.69) is 12.2 Å². The first kappa shape index (κ1) is 8.81. The maximum atomic E-state index is 8.93. The molecule has 0 radical (unpaired) electrons. The molecule has 0 amide bonds. The molecule has 1 atom stereocenters. The van der Waals surface area contributed by atoms with Crippen LogP contribution in [-0.4, -0.2) is 22.5 Å². The average molecular weight is 149 g/mol. The van der Waals surface area contributed by atoms with Crippen LogP contribution in [0, 0.1) is 0 Å². The number of rotatable bonds is 2. The first-order valence-corrected chi connectivity index (χ1v) is 3.07. The van der Waals surface area contributed by atoms with Crippen LogP contribution in [0.15, 0.2) is 0 Å². The summed E-state index contributed by atoms with van der Waals surface area (Å²) in [6.45, 7) is 3.59. The third-order valence-electron chi connectivity index (χ3n) is 0.689. The smallest absolute Gasteiger partial charge is 0.206 e. The molecule has 0 fully saturated rings. The topological polar surface area (TPSA) is 55.5 Å². The van der Waals surface area contributed by atoms with E-state index < -0.39 is 5.72 Å². The zero-order valence-electron chi connectivity index (χ0n) is 5.55. The highest BCUT2D eigenvalue weighted by Gasteiger charge is 2.20. The normalized spacial score (nSPS) is 16.4. The van der Waals surface area contributed by atoms with E-state index in [0.29, 0.717) is 6.61 Å². The van der Waals surface area contributed by atoms with Gasteiger partial charge in [-0.15, -0.1) is 0 Å². The summed E-state index contributed by atoms with van der Waals surface area (Å²) < 4.78 is 4.76. The summed E-state index contributed by atoms with van der Waals surface area (Å²) in [6.07, 6.45) is 0. The van der Waals surface area contributed by atoms with Gasteiger partial charge in [-0.2, -0.15) is 0 Å². The van der Waals surface area contributed by atoms with Gasteiger partial charge in [-0.05, 0) is 26.1 Å². The van der Waals surface area contributed by atoms with E-state index in [-0.39, 0.29) is 5.05 Å². The number of thiocarbonyl (C=S) groups is 1. The maximum absolute atomic E-state index is 8.93. The fourth-order valence-corrected chi connectivity index (χ4v) is 0.395. The zero-order valence-corrected chi connectivity index (χ0v) is 6.36. The predicted octanol–water partition coefficient (Wildman–Crippen LogP) is 0.0175. The van der Waals surface area contributed by atoms with Crippen molar-refractivity contribution in [3.05, 3.63) is 0 Å². The summed E-state index contributed by atoms with van der Waals surface area (Å²) in [5.74, 6) is 0. The second-order valence-electron chi connectivity index (χ2n) is 1.87. The summed E-state index contributed by atoms with van der Waals surface area (Å²) in [5, 5.41) is 8.96. The average Bonchev–Trinajstić information content (AvgIpc) is 1.64. The van der Waals surface area contributed by atoms with Crippen LogP contribution >= 0.6 is 12.2 Å². The molecule has 1 unspecified atom stereocenters. The van der Waals surface area contributed by atoms with Gasteiger partial charge in [0.25, 0.3) is 0 Å². The number of ether oxygens (including phenoxy) is 1. The van der Waals surface area contributed by atoms with Crippen molar-refractivity contribution < 1.29 is 9.84 Å². The fraction of sp³-hybridized carbons (Fsp3) is 0.800. The van der Waals surface area contributed by atoms with Gasteiger partial charge in [0, 0.05) is 0 Å². The van der Waals surface area contributed by atoms with Crippen molar-refractivity contribution in [3.63, 3.8) is 0 Å². The SMILES string of the molecule is CCOC(=S)C(C)(N)O. The second kappa shape index (κ2) is 3.10. The standard InChI is InChI=1S/C5H11NO2S/c1-3-8-4(9)5(2,6)7/h7H,3,6H2,1-2H3. The Balaban J connectivity index is 3.74. The Labute approximate surface area is 59.8 Å². The highest BCUT2D eigenvalue weighted by atomic mass is 32.1. The van der Waals surface area contributed by atoms with Crippen molar-refractivity contribution in [2.45, 2.75) is 19.6 Å². The molecule has 0 aromatic carbocycles. The van der Waals surface area contributed by atoms with E-state index in [9.17, 15) is 0 Å². The molecule has 4 heteroatoms. The minimum absolute atomic E-state index is 0.0324. The molecule has 0 bridgehead atoms. The van der Waals surface area contributed by atoms with E-state index in [1.54, 1.807) is 6.92 Å². The maximum Gasteiger partial charge on any atom is 0.206 e. The van der Waals surface area contributed by atoms with Crippen LogP contribution in [0.5, 0.6) is 0 Å². The zero-order chi connectivity index (χ0) is 7.49. The minimum Gasteiger partial charge on any atom is -0.484 e. The van der Waals surface area contributed by atoms with Gasteiger partial charge in [-0.1, -0.05) is 0 Å². The van der Waals surface area contributed by atoms with Crippen molar-refractivity contribution >= 4 is 17.3 Å². The van der Waals surface area contributed by atoms with Gasteiger partial charge in [-0.3, -0.25) is 5.73 Å². The van der Waals surface area contributed by atoms with E-state index in [0.717, 1.165) is 0 Å². The van der Waals surface area contributed by atoms with Crippen LogP contribution in [-0.2, 0) is 4.74 Å². The lowest BCUT2D eigenvalue weighted by Crippen LogP contribution is -2.44. The fourth-order valence-electron chi connectivity index (χ4n) is 0.277. The third-order valence-corrected chi connectivity index (χ3v) is 1.22. The number of hydrogen-bond acceptors (Lipinski definition) is 4. The molecule has 0 aromatic heterocycles. The van der Waals surface area contributed by atoms with E-state index in [4.69, 9.17) is 15.6 Å². The molecular weight excluding hydrogens is 138 g/mol.